The number of hydrogen-bond donors (Lipinski definition) is 1. The van der Waals surface area contributed by atoms with Crippen LogP contribution in [0, 0.1) is 29.6 Å². The average Bonchev–Trinajstić information content (AvgIpc) is 2.57. The van der Waals surface area contributed by atoms with Crippen molar-refractivity contribution in [2.24, 2.45) is 17.8 Å². The molecule has 0 radical (unpaired) electrons. The van der Waals surface area contributed by atoms with E-state index in [1.54, 1.807) is 6.20 Å². The monoisotopic (exact) mass is 349 g/mol. The fourth-order valence-corrected chi connectivity index (χ4v) is 4.04. The van der Waals surface area contributed by atoms with E-state index in [2.05, 4.69) is 41.0 Å². The Kier molecular flexibility index (Phi) is 5.00. The number of nitrogens with zero attached hydrogens (tertiary/aromatic N) is 2. The van der Waals surface area contributed by atoms with Crippen LogP contribution in [0.2, 0.25) is 5.28 Å². The van der Waals surface area contributed by atoms with Crippen LogP contribution in [-0.2, 0) is 9.47 Å². The van der Waals surface area contributed by atoms with Gasteiger partial charge >= 0.3 is 0 Å². The zero-order chi connectivity index (χ0) is 17.3. The van der Waals surface area contributed by atoms with Crippen LogP contribution >= 0.6 is 11.6 Å². The molecular weight excluding hydrogens is 326 g/mol. The minimum absolute atomic E-state index is 0.123. The fraction of sp³-hybridized carbons (Fsp3) is 0.667. The van der Waals surface area contributed by atoms with Gasteiger partial charge in [0.25, 0.3) is 0 Å². The van der Waals surface area contributed by atoms with E-state index in [0.29, 0.717) is 36.4 Å². The van der Waals surface area contributed by atoms with Crippen molar-refractivity contribution in [2.75, 3.05) is 18.5 Å². The Hall–Kier alpha value is -1.35. The van der Waals surface area contributed by atoms with E-state index in [0.717, 1.165) is 5.92 Å². The Balaban J connectivity index is 1.81. The zero-order valence-corrected chi connectivity index (χ0v) is 15.4. The number of halogens is 1. The topological polar surface area (TPSA) is 56.3 Å². The van der Waals surface area contributed by atoms with Gasteiger partial charge < -0.3 is 14.8 Å². The number of nitrogens with one attached hydrogen (secondary N) is 1. The predicted octanol–water partition coefficient (Wildman–Crippen LogP) is 3.34. The van der Waals surface area contributed by atoms with Crippen LogP contribution in [0.1, 0.15) is 39.7 Å². The first-order chi connectivity index (χ1) is 11.5. The van der Waals surface area contributed by atoms with Crippen molar-refractivity contribution >= 4 is 17.4 Å². The molecule has 3 fully saturated rings. The molecule has 0 aliphatic heterocycles. The summed E-state index contributed by atoms with van der Waals surface area (Å²) in [6.45, 7) is 9.49. The van der Waals surface area contributed by atoms with Crippen LogP contribution in [0.25, 0.3) is 0 Å². The van der Waals surface area contributed by atoms with Gasteiger partial charge in [-0.05, 0) is 55.5 Å². The lowest BCUT2D eigenvalue weighted by atomic mass is 9.37. The highest BCUT2D eigenvalue weighted by Crippen LogP contribution is 2.67. The Morgan fingerprint density at radius 2 is 2.00 bits per heavy atom. The van der Waals surface area contributed by atoms with Gasteiger partial charge in [0, 0.05) is 24.9 Å². The first kappa shape index (κ1) is 17.5. The maximum Gasteiger partial charge on any atom is 0.224 e. The van der Waals surface area contributed by atoms with Gasteiger partial charge in [0.15, 0.2) is 0 Å². The highest BCUT2D eigenvalue weighted by atomic mass is 35.5. The van der Waals surface area contributed by atoms with Crippen LogP contribution < -0.4 is 5.32 Å². The lowest BCUT2D eigenvalue weighted by Gasteiger charge is -2.73. The van der Waals surface area contributed by atoms with E-state index >= 15 is 0 Å². The number of aromatic nitrogens is 2. The van der Waals surface area contributed by atoms with Crippen LogP contribution in [0.4, 0.5) is 5.82 Å². The summed E-state index contributed by atoms with van der Waals surface area (Å²) in [7, 11) is 0. The third-order valence-corrected chi connectivity index (χ3v) is 5.74. The SMILES string of the molecule is CCOC(C#Cc1cnc(Cl)nc1NC12CC([C@H]1C)[C@H]2C)OCC. The smallest absolute Gasteiger partial charge is 0.224 e. The van der Waals surface area contributed by atoms with Gasteiger partial charge in [-0.2, -0.15) is 4.98 Å². The molecule has 1 N–H and O–H groups in total. The quantitative estimate of drug-likeness (QED) is 0.485. The van der Waals surface area contributed by atoms with Gasteiger partial charge in [-0.1, -0.05) is 19.8 Å². The van der Waals surface area contributed by atoms with Crippen molar-refractivity contribution in [3.8, 4) is 11.8 Å². The van der Waals surface area contributed by atoms with Crippen LogP contribution in [0.15, 0.2) is 6.20 Å². The summed E-state index contributed by atoms with van der Waals surface area (Å²) in [4.78, 5) is 8.43. The molecule has 130 valence electrons. The molecule has 4 rings (SSSR count). The number of hydrogen-bond acceptors (Lipinski definition) is 5. The van der Waals surface area contributed by atoms with Gasteiger partial charge in [-0.15, -0.1) is 0 Å². The van der Waals surface area contributed by atoms with E-state index < -0.39 is 6.29 Å². The van der Waals surface area contributed by atoms with E-state index in [1.165, 1.54) is 6.42 Å². The summed E-state index contributed by atoms with van der Waals surface area (Å²) >= 11 is 5.99. The first-order valence-corrected chi connectivity index (χ1v) is 8.95. The summed E-state index contributed by atoms with van der Waals surface area (Å²) in [5.74, 6) is 8.91. The van der Waals surface area contributed by atoms with E-state index in [1.807, 2.05) is 13.8 Å². The molecule has 0 amide bonds. The Morgan fingerprint density at radius 3 is 2.54 bits per heavy atom. The molecule has 6 heteroatoms. The maximum absolute atomic E-state index is 5.99. The van der Waals surface area contributed by atoms with E-state index in [4.69, 9.17) is 21.1 Å². The molecule has 0 aromatic carbocycles. The summed E-state index contributed by atoms with van der Waals surface area (Å²) in [5, 5.41) is 3.82. The van der Waals surface area contributed by atoms with E-state index in [-0.39, 0.29) is 10.8 Å². The Morgan fingerprint density at radius 1 is 1.33 bits per heavy atom. The molecule has 1 aromatic heterocycles. The summed E-state index contributed by atoms with van der Waals surface area (Å²) in [6, 6.07) is 0. The molecule has 5 nitrogen and oxygen atoms in total. The second kappa shape index (κ2) is 6.87. The molecule has 1 heterocycles. The molecule has 3 aliphatic carbocycles. The van der Waals surface area contributed by atoms with Crippen molar-refractivity contribution in [3.05, 3.63) is 17.0 Å². The highest BCUT2D eigenvalue weighted by Gasteiger charge is 2.69. The van der Waals surface area contributed by atoms with Gasteiger partial charge in [-0.3, -0.25) is 0 Å². The molecule has 24 heavy (non-hydrogen) atoms. The summed E-state index contributed by atoms with van der Waals surface area (Å²) in [6.07, 6.45) is 2.29. The third kappa shape index (κ3) is 2.88. The second-order valence-corrected chi connectivity index (χ2v) is 6.86. The molecule has 2 atom stereocenters. The molecule has 3 aliphatic rings. The van der Waals surface area contributed by atoms with Crippen molar-refractivity contribution in [2.45, 2.75) is 45.9 Å². The normalized spacial score (nSPS) is 30.2. The van der Waals surface area contributed by atoms with Gasteiger partial charge in [0.2, 0.25) is 11.6 Å². The zero-order valence-electron chi connectivity index (χ0n) is 14.6. The number of anilines is 1. The Bertz CT molecular complexity index is 654. The molecule has 0 unspecified atom stereocenters. The van der Waals surface area contributed by atoms with Crippen LogP contribution in [0.5, 0.6) is 0 Å². The molecule has 1 aromatic rings. The minimum Gasteiger partial charge on any atom is -0.363 e. The van der Waals surface area contributed by atoms with Crippen molar-refractivity contribution < 1.29 is 9.47 Å². The number of ether oxygens (including phenoxy) is 2. The summed E-state index contributed by atoms with van der Waals surface area (Å²) < 4.78 is 10.9. The predicted molar refractivity (Wildman–Crippen MR) is 93.7 cm³/mol. The molecular formula is C18H24ClN3O2. The minimum atomic E-state index is -0.545. The van der Waals surface area contributed by atoms with Crippen molar-refractivity contribution in [1.82, 2.24) is 9.97 Å². The van der Waals surface area contributed by atoms with Crippen molar-refractivity contribution in [3.63, 3.8) is 0 Å². The lowest BCUT2D eigenvalue weighted by molar-refractivity contribution is -0.152. The third-order valence-electron chi connectivity index (χ3n) is 5.55. The first-order valence-electron chi connectivity index (χ1n) is 8.57. The van der Waals surface area contributed by atoms with Gasteiger partial charge in [0.1, 0.15) is 5.82 Å². The molecule has 2 bridgehead atoms. The highest BCUT2D eigenvalue weighted by molar-refractivity contribution is 6.28. The van der Waals surface area contributed by atoms with Crippen LogP contribution in [-0.4, -0.2) is 35.0 Å². The van der Waals surface area contributed by atoms with E-state index in [9.17, 15) is 0 Å². The molecule has 3 saturated carbocycles. The molecule has 0 spiro atoms. The second-order valence-electron chi connectivity index (χ2n) is 6.52. The van der Waals surface area contributed by atoms with Gasteiger partial charge in [0.05, 0.1) is 5.56 Å². The standard InChI is InChI=1S/C18H24ClN3O2/c1-5-23-15(24-6-2)8-7-13-10-20-17(19)21-16(13)22-18-9-14(11(18)3)12(18)4/h10-12,14-15H,5-6,9H2,1-4H3,(H,20,21,22)/t11-,12-,14?,18?/m1/s1. The van der Waals surface area contributed by atoms with Crippen molar-refractivity contribution in [1.29, 1.82) is 0 Å². The fourth-order valence-electron chi connectivity index (χ4n) is 3.90. The average molecular weight is 350 g/mol. The maximum atomic E-state index is 5.99. The summed E-state index contributed by atoms with van der Waals surface area (Å²) in [5.41, 5.74) is 0.839. The van der Waals surface area contributed by atoms with Crippen LogP contribution in [0.3, 0.4) is 0 Å². The Labute approximate surface area is 148 Å². The largest absolute Gasteiger partial charge is 0.363 e. The number of rotatable bonds is 6. The van der Waals surface area contributed by atoms with Gasteiger partial charge in [-0.25, -0.2) is 4.98 Å². The molecule has 0 saturated heterocycles. The lowest BCUT2D eigenvalue weighted by Crippen LogP contribution is -2.76.